The van der Waals surface area contributed by atoms with Crippen LogP contribution < -0.4 is 25.4 Å². The van der Waals surface area contributed by atoms with Crippen LogP contribution in [0.3, 0.4) is 0 Å². The van der Waals surface area contributed by atoms with E-state index >= 15 is 0 Å². The van der Waals surface area contributed by atoms with Gasteiger partial charge in [0.1, 0.15) is 29.1 Å². The molecule has 2 saturated carbocycles. The van der Waals surface area contributed by atoms with Crippen LogP contribution in [0, 0.1) is 5.92 Å². The molecule has 1 aromatic heterocycles. The number of allylic oxidation sites excluding steroid dienone is 1. The van der Waals surface area contributed by atoms with Gasteiger partial charge in [0.05, 0.1) is 24.2 Å². The van der Waals surface area contributed by atoms with Crippen LogP contribution in [0.1, 0.15) is 75.7 Å². The lowest BCUT2D eigenvalue weighted by Crippen LogP contribution is -2.61. The van der Waals surface area contributed by atoms with Gasteiger partial charge in [-0.3, -0.25) is 23.9 Å². The van der Waals surface area contributed by atoms with Crippen LogP contribution in [-0.4, -0.2) is 107 Å². The van der Waals surface area contributed by atoms with E-state index in [1.54, 1.807) is 18.2 Å². The molecular weight excluding hydrogens is 761 g/mol. The molecule has 0 radical (unpaired) electrons. The third-order valence-corrected chi connectivity index (χ3v) is 14.2. The van der Waals surface area contributed by atoms with Gasteiger partial charge in [-0.15, -0.1) is 0 Å². The fourth-order valence-electron chi connectivity index (χ4n) is 7.45. The van der Waals surface area contributed by atoms with Crippen molar-refractivity contribution in [2.75, 3.05) is 25.5 Å². The number of nitrogens with one attached hydrogen (secondary N) is 4. The van der Waals surface area contributed by atoms with Crippen LogP contribution in [0.5, 0.6) is 5.75 Å². The third kappa shape index (κ3) is 8.83. The molecule has 5 atom stereocenters. The van der Waals surface area contributed by atoms with Crippen LogP contribution in [-0.2, 0) is 29.1 Å². The van der Waals surface area contributed by atoms with Crippen LogP contribution in [0.4, 0.5) is 4.79 Å². The van der Waals surface area contributed by atoms with Gasteiger partial charge in [-0.05, 0) is 95.2 Å². The summed E-state index contributed by atoms with van der Waals surface area (Å²) in [5.74, 6) is -1.85. The van der Waals surface area contributed by atoms with Crippen LogP contribution >= 0.6 is 11.8 Å². The molecule has 300 valence electrons. The lowest BCUT2D eigenvalue weighted by Gasteiger charge is -2.37. The molecule has 15 nitrogen and oxygen atoms in total. The maximum absolute atomic E-state index is 14.7. The van der Waals surface area contributed by atoms with E-state index in [0.29, 0.717) is 55.9 Å². The van der Waals surface area contributed by atoms with Crippen molar-refractivity contribution in [3.63, 3.8) is 0 Å². The van der Waals surface area contributed by atoms with Gasteiger partial charge >= 0.3 is 6.09 Å². The van der Waals surface area contributed by atoms with Crippen molar-refractivity contribution in [3.05, 3.63) is 60.3 Å². The van der Waals surface area contributed by atoms with Gasteiger partial charge in [0.25, 0.3) is 11.8 Å². The molecule has 2 aliphatic carbocycles. The fourth-order valence-corrected chi connectivity index (χ4v) is 9.92. The first kappa shape index (κ1) is 39.6. The highest BCUT2D eigenvalue weighted by Crippen LogP contribution is 2.46. The van der Waals surface area contributed by atoms with Crippen molar-refractivity contribution in [1.82, 2.24) is 30.6 Å². The molecule has 4 N–H and O–H groups in total. The normalized spacial score (nSPS) is 29.3. The third-order valence-electron chi connectivity index (χ3n) is 10.9. The molecule has 17 heteroatoms. The summed E-state index contributed by atoms with van der Waals surface area (Å²) < 4.78 is 38.5. The van der Waals surface area contributed by atoms with Gasteiger partial charge in [0, 0.05) is 28.8 Å². The van der Waals surface area contributed by atoms with Gasteiger partial charge < -0.3 is 30.3 Å². The van der Waals surface area contributed by atoms with E-state index in [1.165, 1.54) is 16.7 Å². The first-order valence-electron chi connectivity index (χ1n) is 19.2. The molecule has 3 fully saturated rings. The minimum absolute atomic E-state index is 0.0221. The van der Waals surface area contributed by atoms with Crippen LogP contribution in [0.2, 0.25) is 0 Å². The van der Waals surface area contributed by atoms with Crippen molar-refractivity contribution in [2.45, 2.75) is 98.9 Å². The number of sulfonamides is 1. The highest BCUT2D eigenvalue weighted by Gasteiger charge is 2.62. The predicted molar refractivity (Wildman–Crippen MR) is 208 cm³/mol. The largest absolute Gasteiger partial charge is 0.494 e. The second kappa shape index (κ2) is 16.1. The number of thioether (sulfide) groups is 1. The number of rotatable bonds is 3. The quantitative estimate of drug-likeness (QED) is 0.332. The first-order chi connectivity index (χ1) is 26.8. The van der Waals surface area contributed by atoms with Gasteiger partial charge in [-0.25, -0.2) is 18.2 Å². The van der Waals surface area contributed by atoms with E-state index in [-0.39, 0.29) is 31.7 Å². The predicted octanol–water partition coefficient (Wildman–Crippen LogP) is 3.06. The van der Waals surface area contributed by atoms with Crippen LogP contribution in [0.15, 0.2) is 54.6 Å². The molecule has 1 saturated heterocycles. The van der Waals surface area contributed by atoms with E-state index in [2.05, 4.69) is 25.7 Å². The lowest BCUT2D eigenvalue weighted by molar-refractivity contribution is -0.141. The fraction of sp³-hybridized carbons (Fsp3) is 0.538. The Morgan fingerprint density at radius 3 is 2.52 bits per heavy atom. The van der Waals surface area contributed by atoms with Gasteiger partial charge in [0.2, 0.25) is 21.8 Å². The molecule has 1 aromatic carbocycles. The maximum atomic E-state index is 14.7. The van der Waals surface area contributed by atoms with E-state index in [1.807, 2.05) is 50.3 Å². The Bertz CT molecular complexity index is 2020. The molecule has 7 bridgehead atoms. The minimum atomic E-state index is -3.92. The summed E-state index contributed by atoms with van der Waals surface area (Å²) in [6.45, 7) is 4.16. The second-order valence-electron chi connectivity index (χ2n) is 15.6. The number of hydrogen-bond acceptors (Lipinski definition) is 11. The zero-order valence-electron chi connectivity index (χ0n) is 31.5. The minimum Gasteiger partial charge on any atom is -0.494 e. The molecule has 1 unspecified atom stereocenters. The summed E-state index contributed by atoms with van der Waals surface area (Å²) in [5.41, 5.74) is -0.115. The van der Waals surface area contributed by atoms with Gasteiger partial charge in [0.15, 0.2) is 0 Å². The molecule has 56 heavy (non-hydrogen) atoms. The molecule has 5 amide bonds. The van der Waals surface area contributed by atoms with E-state index < -0.39 is 79.3 Å². The standard InChI is InChI=1S/C39H48N6O9S2/c1-38(2)32-35(48)45-23-26(21-31(45)34(47)43-39(22-25(39)11-4-7-19-55-38)36(49)44-56(51,52)28-15-16-28)40-33(46)30-14-9-13-29(41-30)24-10-8-12-27(20-24)53-17-5-3-6-18-54-37(50)42-32/h4,8-14,20,25-26,28,31-32H,3,5-7,15-19,21-23H2,1-2H3,(H,40,46)(H,42,50)(H,43,47)(H,44,49)/b11-4+/t25-,26-,31+,32-,39?/m1/s1. The molecular formula is C39H48N6O9S2. The Hall–Kier alpha value is -4.64. The molecule has 0 spiro atoms. The van der Waals surface area contributed by atoms with Crippen molar-refractivity contribution in [1.29, 1.82) is 0 Å². The Labute approximate surface area is 330 Å². The van der Waals surface area contributed by atoms with E-state index in [0.717, 1.165) is 12.0 Å². The molecule has 7 rings (SSSR count). The number of cyclic esters (lactones) is 1. The number of amides is 5. The molecule has 4 heterocycles. The second-order valence-corrected chi connectivity index (χ2v) is 19.3. The highest BCUT2D eigenvalue weighted by molar-refractivity contribution is 8.00. The number of carbonyl (C=O) groups excluding carboxylic acids is 5. The Kier molecular flexibility index (Phi) is 11.4. The average Bonchev–Trinajstić information content (AvgIpc) is 4.09. The lowest BCUT2D eigenvalue weighted by atomic mass is 10.0. The van der Waals surface area contributed by atoms with Crippen molar-refractivity contribution < 1.29 is 41.9 Å². The number of fused-ring (bicyclic) bond motifs is 8. The number of pyridine rings is 1. The maximum Gasteiger partial charge on any atom is 0.407 e. The first-order valence-corrected chi connectivity index (χ1v) is 21.7. The summed E-state index contributed by atoms with van der Waals surface area (Å²) in [6, 6.07) is 9.43. The molecule has 5 aliphatic rings. The molecule has 3 aliphatic heterocycles. The van der Waals surface area contributed by atoms with Crippen molar-refractivity contribution in [2.24, 2.45) is 5.92 Å². The van der Waals surface area contributed by atoms with Gasteiger partial charge in [-0.1, -0.05) is 30.4 Å². The van der Waals surface area contributed by atoms with Crippen LogP contribution in [0.25, 0.3) is 11.3 Å². The Morgan fingerprint density at radius 2 is 1.73 bits per heavy atom. The number of ether oxygens (including phenoxy) is 2. The summed E-state index contributed by atoms with van der Waals surface area (Å²) in [7, 11) is -3.92. The molecule has 2 aromatic rings. The van der Waals surface area contributed by atoms with E-state index in [4.69, 9.17) is 9.47 Å². The van der Waals surface area contributed by atoms with Crippen molar-refractivity contribution >= 4 is 51.5 Å². The Balaban J connectivity index is 1.21. The average molecular weight is 809 g/mol. The zero-order valence-corrected chi connectivity index (χ0v) is 33.1. The van der Waals surface area contributed by atoms with E-state index in [9.17, 15) is 32.4 Å². The Morgan fingerprint density at radius 1 is 0.982 bits per heavy atom. The number of alkyl carbamates (subject to hydrolysis) is 1. The number of nitrogens with zero attached hydrogens (tertiary/aromatic N) is 2. The summed E-state index contributed by atoms with van der Waals surface area (Å²) >= 11 is 1.46. The highest BCUT2D eigenvalue weighted by atomic mass is 32.2. The number of aromatic nitrogens is 1. The number of hydrogen-bond donors (Lipinski definition) is 4. The number of benzene rings is 1. The number of carbonyl (C=O) groups is 5. The summed E-state index contributed by atoms with van der Waals surface area (Å²) in [4.78, 5) is 75.8. The SMILES string of the molecule is CC1(C)SCC/C=C/[C@@H]2CC2(C(=O)NS(=O)(=O)C2CC2)NC(=O)[C@@H]2C[C@@H]3CN2C(=O)[C@H]1NC(=O)OCCCCCOc1cccc(c1)-c1cccc(n1)C(=O)N3. The monoisotopic (exact) mass is 808 g/mol. The summed E-state index contributed by atoms with van der Waals surface area (Å²) in [6.07, 6.45) is 6.54. The van der Waals surface area contributed by atoms with Gasteiger partial charge in [-0.2, -0.15) is 11.8 Å². The zero-order chi connectivity index (χ0) is 39.7. The summed E-state index contributed by atoms with van der Waals surface area (Å²) in [5, 5.41) is 7.92. The topological polar surface area (TPSA) is 202 Å². The van der Waals surface area contributed by atoms with Crippen molar-refractivity contribution in [3.8, 4) is 17.0 Å². The smallest absolute Gasteiger partial charge is 0.407 e.